The molecule has 8 heteroatoms. The SMILES string of the molecule is NNc1ncn(-c2cc(Cl)cc(Cl)c2)c(=O)n1. The van der Waals surface area contributed by atoms with Gasteiger partial charge in [-0.1, -0.05) is 23.2 Å². The summed E-state index contributed by atoms with van der Waals surface area (Å²) in [6.45, 7) is 0. The molecule has 0 aliphatic rings. The van der Waals surface area contributed by atoms with Crippen LogP contribution in [0, 0.1) is 0 Å². The molecule has 0 saturated carbocycles. The van der Waals surface area contributed by atoms with Crippen LogP contribution >= 0.6 is 23.2 Å². The lowest BCUT2D eigenvalue weighted by Crippen LogP contribution is -2.25. The van der Waals surface area contributed by atoms with Crippen molar-refractivity contribution in [2.75, 3.05) is 5.43 Å². The Bertz CT molecular complexity index is 592. The summed E-state index contributed by atoms with van der Waals surface area (Å²) < 4.78 is 1.21. The molecule has 0 unspecified atom stereocenters. The highest BCUT2D eigenvalue weighted by atomic mass is 35.5. The minimum Gasteiger partial charge on any atom is -0.292 e. The van der Waals surface area contributed by atoms with Crippen molar-refractivity contribution in [2.24, 2.45) is 5.84 Å². The predicted molar refractivity (Wildman–Crippen MR) is 65.5 cm³/mol. The van der Waals surface area contributed by atoms with Gasteiger partial charge in [-0.25, -0.2) is 15.6 Å². The first-order chi connectivity index (χ1) is 8.10. The molecule has 0 atom stereocenters. The van der Waals surface area contributed by atoms with Crippen LogP contribution in [0.1, 0.15) is 0 Å². The highest BCUT2D eigenvalue weighted by molar-refractivity contribution is 6.34. The van der Waals surface area contributed by atoms with Crippen LogP contribution in [0.2, 0.25) is 10.0 Å². The van der Waals surface area contributed by atoms with Gasteiger partial charge in [0.05, 0.1) is 5.69 Å². The van der Waals surface area contributed by atoms with E-state index in [1.54, 1.807) is 18.2 Å². The molecule has 2 aromatic rings. The van der Waals surface area contributed by atoms with Crippen molar-refractivity contribution in [2.45, 2.75) is 0 Å². The van der Waals surface area contributed by atoms with E-state index in [4.69, 9.17) is 29.0 Å². The molecule has 3 N–H and O–H groups in total. The quantitative estimate of drug-likeness (QED) is 0.634. The maximum absolute atomic E-state index is 11.7. The van der Waals surface area contributed by atoms with Crippen LogP contribution in [0.4, 0.5) is 5.95 Å². The molecule has 0 spiro atoms. The topological polar surface area (TPSA) is 85.8 Å². The number of rotatable bonds is 2. The minimum absolute atomic E-state index is 0.0411. The zero-order chi connectivity index (χ0) is 12.4. The molecule has 1 aromatic heterocycles. The van der Waals surface area contributed by atoms with Crippen LogP contribution in [-0.4, -0.2) is 14.5 Å². The summed E-state index contributed by atoms with van der Waals surface area (Å²) in [6, 6.07) is 4.72. The minimum atomic E-state index is -0.536. The van der Waals surface area contributed by atoms with Crippen LogP contribution < -0.4 is 17.0 Å². The number of halogens is 2. The Labute approximate surface area is 106 Å². The van der Waals surface area contributed by atoms with Gasteiger partial charge in [-0.3, -0.25) is 9.99 Å². The number of benzene rings is 1. The highest BCUT2D eigenvalue weighted by Gasteiger charge is 2.05. The molecule has 88 valence electrons. The Balaban J connectivity index is 2.57. The second kappa shape index (κ2) is 4.70. The van der Waals surface area contributed by atoms with Crippen LogP contribution in [-0.2, 0) is 0 Å². The Hall–Kier alpha value is -1.63. The molecule has 1 heterocycles. The van der Waals surface area contributed by atoms with Crippen LogP contribution in [0.5, 0.6) is 0 Å². The number of hydrogen-bond acceptors (Lipinski definition) is 5. The Morgan fingerprint density at radius 1 is 1.24 bits per heavy atom. The Morgan fingerprint density at radius 3 is 2.41 bits per heavy atom. The van der Waals surface area contributed by atoms with Crippen molar-refractivity contribution >= 4 is 29.2 Å². The fourth-order valence-corrected chi connectivity index (χ4v) is 1.77. The van der Waals surface area contributed by atoms with Gasteiger partial charge in [-0.15, -0.1) is 0 Å². The first-order valence-corrected chi connectivity index (χ1v) is 5.24. The van der Waals surface area contributed by atoms with E-state index in [-0.39, 0.29) is 5.95 Å². The number of nitrogens with one attached hydrogen (secondary N) is 1. The number of aromatic nitrogens is 3. The molecule has 0 aliphatic heterocycles. The molecule has 17 heavy (non-hydrogen) atoms. The summed E-state index contributed by atoms with van der Waals surface area (Å²) in [7, 11) is 0. The van der Waals surface area contributed by atoms with E-state index in [1.807, 2.05) is 0 Å². The maximum atomic E-state index is 11.7. The van der Waals surface area contributed by atoms with Gasteiger partial charge in [0, 0.05) is 10.0 Å². The van der Waals surface area contributed by atoms with E-state index in [2.05, 4.69) is 15.4 Å². The van der Waals surface area contributed by atoms with Gasteiger partial charge in [0.2, 0.25) is 5.95 Å². The molecule has 0 amide bonds. The molecule has 0 saturated heterocycles. The third kappa shape index (κ3) is 2.55. The number of nitrogen functional groups attached to an aromatic ring is 1. The average Bonchev–Trinajstić information content (AvgIpc) is 2.27. The van der Waals surface area contributed by atoms with E-state index in [0.29, 0.717) is 15.7 Å². The second-order valence-corrected chi connectivity index (χ2v) is 3.98. The second-order valence-electron chi connectivity index (χ2n) is 3.10. The van der Waals surface area contributed by atoms with E-state index in [0.717, 1.165) is 0 Å². The Kier molecular flexibility index (Phi) is 3.28. The third-order valence-corrected chi connectivity index (χ3v) is 2.39. The fourth-order valence-electron chi connectivity index (χ4n) is 1.26. The maximum Gasteiger partial charge on any atom is 0.356 e. The van der Waals surface area contributed by atoms with Gasteiger partial charge in [0.25, 0.3) is 0 Å². The molecule has 0 bridgehead atoms. The number of hydrogen-bond donors (Lipinski definition) is 2. The van der Waals surface area contributed by atoms with Crippen molar-refractivity contribution in [3.8, 4) is 5.69 Å². The first kappa shape index (κ1) is 11.8. The van der Waals surface area contributed by atoms with Crippen molar-refractivity contribution < 1.29 is 0 Å². The highest BCUT2D eigenvalue weighted by Crippen LogP contribution is 2.20. The van der Waals surface area contributed by atoms with E-state index >= 15 is 0 Å². The summed E-state index contributed by atoms with van der Waals surface area (Å²) in [6.07, 6.45) is 1.28. The van der Waals surface area contributed by atoms with Gasteiger partial charge >= 0.3 is 5.69 Å². The molecular formula is C9H7Cl2N5O. The Morgan fingerprint density at radius 2 is 1.88 bits per heavy atom. The molecule has 0 radical (unpaired) electrons. The number of nitrogens with zero attached hydrogens (tertiary/aromatic N) is 3. The molecule has 1 aromatic carbocycles. The standard InChI is InChI=1S/C9H7Cl2N5O/c10-5-1-6(11)3-7(2-5)16-4-13-8(15-12)14-9(16)17/h1-4H,12H2,(H,14,15,17). The van der Waals surface area contributed by atoms with Crippen LogP contribution in [0.3, 0.4) is 0 Å². The molecule has 0 aliphatic carbocycles. The zero-order valence-electron chi connectivity index (χ0n) is 8.39. The monoisotopic (exact) mass is 271 g/mol. The van der Waals surface area contributed by atoms with Gasteiger partial charge in [0.15, 0.2) is 0 Å². The van der Waals surface area contributed by atoms with Gasteiger partial charge in [0.1, 0.15) is 6.33 Å². The summed E-state index contributed by atoms with van der Waals surface area (Å²) in [5, 5.41) is 0.834. The van der Waals surface area contributed by atoms with Gasteiger partial charge in [-0.05, 0) is 18.2 Å². The van der Waals surface area contributed by atoms with E-state index < -0.39 is 5.69 Å². The van der Waals surface area contributed by atoms with Crippen molar-refractivity contribution in [1.29, 1.82) is 0 Å². The van der Waals surface area contributed by atoms with Gasteiger partial charge < -0.3 is 0 Å². The average molecular weight is 272 g/mol. The lowest BCUT2D eigenvalue weighted by Gasteiger charge is -2.06. The lowest BCUT2D eigenvalue weighted by atomic mass is 10.3. The molecular weight excluding hydrogens is 265 g/mol. The number of hydrazine groups is 1. The van der Waals surface area contributed by atoms with Crippen LogP contribution in [0.25, 0.3) is 5.69 Å². The van der Waals surface area contributed by atoms with E-state index in [9.17, 15) is 4.79 Å². The number of anilines is 1. The van der Waals surface area contributed by atoms with E-state index in [1.165, 1.54) is 10.9 Å². The molecule has 6 nitrogen and oxygen atoms in total. The smallest absolute Gasteiger partial charge is 0.292 e. The largest absolute Gasteiger partial charge is 0.356 e. The van der Waals surface area contributed by atoms with Crippen molar-refractivity contribution in [1.82, 2.24) is 14.5 Å². The number of nitrogens with two attached hydrogens (primary N) is 1. The normalized spacial score (nSPS) is 10.3. The summed E-state index contributed by atoms with van der Waals surface area (Å²) in [5.41, 5.74) is 2.13. The zero-order valence-corrected chi connectivity index (χ0v) is 9.90. The first-order valence-electron chi connectivity index (χ1n) is 4.49. The van der Waals surface area contributed by atoms with Crippen molar-refractivity contribution in [3.05, 3.63) is 45.1 Å². The summed E-state index contributed by atoms with van der Waals surface area (Å²) in [5.74, 6) is 5.13. The van der Waals surface area contributed by atoms with Crippen LogP contribution in [0.15, 0.2) is 29.3 Å². The molecule has 2 rings (SSSR count). The third-order valence-electron chi connectivity index (χ3n) is 1.96. The van der Waals surface area contributed by atoms with Gasteiger partial charge in [-0.2, -0.15) is 4.98 Å². The van der Waals surface area contributed by atoms with Crippen molar-refractivity contribution in [3.63, 3.8) is 0 Å². The predicted octanol–water partition coefficient (Wildman–Crippen LogP) is 1.22. The summed E-state index contributed by atoms with van der Waals surface area (Å²) >= 11 is 11.7. The molecule has 0 fully saturated rings. The summed E-state index contributed by atoms with van der Waals surface area (Å²) in [4.78, 5) is 19.1. The lowest BCUT2D eigenvalue weighted by molar-refractivity contribution is 0.859. The fraction of sp³-hybridized carbons (Fsp3) is 0.